The highest BCUT2D eigenvalue weighted by molar-refractivity contribution is 7.91. The molecule has 1 aliphatic rings. The summed E-state index contributed by atoms with van der Waals surface area (Å²) in [6.45, 7) is 1.67. The first-order valence-electron chi connectivity index (χ1n) is 6.16. The van der Waals surface area contributed by atoms with Crippen LogP contribution in [0.2, 0.25) is 0 Å². The number of hydrogen-bond donors (Lipinski definition) is 0. The normalized spacial score (nSPS) is 21.6. The third-order valence-corrected chi connectivity index (χ3v) is 5.06. The number of likely N-dealkylation sites (N-methyl/N-ethyl adjacent to an activating group) is 1. The fraction of sp³-hybridized carbons (Fsp3) is 0.455. The van der Waals surface area contributed by atoms with Gasteiger partial charge in [-0.05, 0) is 6.42 Å². The number of aromatic nitrogens is 1. The van der Waals surface area contributed by atoms with Gasteiger partial charge in [-0.15, -0.1) is 0 Å². The van der Waals surface area contributed by atoms with E-state index in [1.807, 2.05) is 0 Å². The number of pyridine rings is 1. The van der Waals surface area contributed by atoms with Gasteiger partial charge in [0.25, 0.3) is 17.8 Å². The number of nitrogens with zero attached hydrogens (tertiary/aromatic N) is 3. The van der Waals surface area contributed by atoms with Crippen LogP contribution in [0.4, 0.5) is 23.2 Å². The average Bonchev–Trinajstić information content (AvgIpc) is 2.60. The first-order valence-corrected chi connectivity index (χ1v) is 7.56. The second kappa shape index (κ2) is 5.47. The predicted molar refractivity (Wildman–Crippen MR) is 66.9 cm³/mol. The van der Waals surface area contributed by atoms with E-state index >= 15 is 0 Å². The van der Waals surface area contributed by atoms with E-state index in [9.17, 15) is 30.8 Å². The number of carbonyl (C=O) groups is 1. The molecular weight excluding hydrogens is 330 g/mol. The van der Waals surface area contributed by atoms with Gasteiger partial charge in [0.1, 0.15) is 11.7 Å². The van der Waals surface area contributed by atoms with Gasteiger partial charge in [0, 0.05) is 7.05 Å². The first kappa shape index (κ1) is 16.6. The van der Waals surface area contributed by atoms with Crippen LogP contribution in [0.3, 0.4) is 0 Å². The van der Waals surface area contributed by atoms with E-state index in [4.69, 9.17) is 0 Å². The molecule has 2 rings (SSSR count). The molecular formula is C11H11F4N3O3S. The van der Waals surface area contributed by atoms with Crippen molar-refractivity contribution in [2.75, 3.05) is 11.4 Å². The Hall–Kier alpha value is -1.75. The van der Waals surface area contributed by atoms with Gasteiger partial charge in [-0.25, -0.2) is 0 Å². The smallest absolute Gasteiger partial charge is 0.271 e. The maximum atomic E-state index is 13.7. The highest BCUT2D eigenvalue weighted by Crippen LogP contribution is 2.35. The van der Waals surface area contributed by atoms with Crippen molar-refractivity contribution in [2.24, 2.45) is 0 Å². The topological polar surface area (TPSA) is 70.6 Å². The van der Waals surface area contributed by atoms with Gasteiger partial charge in [0.05, 0.1) is 0 Å². The Balaban J connectivity index is 2.70. The van der Waals surface area contributed by atoms with Crippen LogP contribution in [0.5, 0.6) is 0 Å². The Labute approximate surface area is 123 Å². The van der Waals surface area contributed by atoms with E-state index in [1.165, 1.54) is 0 Å². The second-order valence-corrected chi connectivity index (χ2v) is 6.44. The van der Waals surface area contributed by atoms with Crippen molar-refractivity contribution in [1.29, 1.82) is 0 Å². The summed E-state index contributed by atoms with van der Waals surface area (Å²) in [6.07, 6.45) is 0.498. The monoisotopic (exact) mass is 341 g/mol. The maximum Gasteiger partial charge on any atom is 0.311 e. The largest absolute Gasteiger partial charge is 0.311 e. The maximum absolute atomic E-state index is 13.7. The van der Waals surface area contributed by atoms with Gasteiger partial charge in [-0.2, -0.15) is 39.6 Å². The lowest BCUT2D eigenvalue weighted by Gasteiger charge is -2.17. The van der Waals surface area contributed by atoms with Crippen LogP contribution in [-0.2, 0) is 15.0 Å². The van der Waals surface area contributed by atoms with Crippen LogP contribution in [-0.4, -0.2) is 36.7 Å². The molecule has 1 aromatic heterocycles. The van der Waals surface area contributed by atoms with Gasteiger partial charge in [0.15, 0.2) is 0 Å². The second-order valence-electron chi connectivity index (χ2n) is 4.60. The van der Waals surface area contributed by atoms with E-state index < -0.39 is 51.4 Å². The fourth-order valence-electron chi connectivity index (χ4n) is 2.15. The van der Waals surface area contributed by atoms with Crippen molar-refractivity contribution in [3.8, 4) is 0 Å². The van der Waals surface area contributed by atoms with Crippen LogP contribution in [0, 0.1) is 23.5 Å². The van der Waals surface area contributed by atoms with E-state index in [-0.39, 0.29) is 10.7 Å². The molecule has 11 heteroatoms. The number of amides is 1. The van der Waals surface area contributed by atoms with Crippen molar-refractivity contribution in [2.45, 2.75) is 25.8 Å². The van der Waals surface area contributed by atoms with Crippen molar-refractivity contribution in [3.05, 3.63) is 23.5 Å². The first-order chi connectivity index (χ1) is 10.1. The molecule has 0 spiro atoms. The molecule has 1 aromatic rings. The van der Waals surface area contributed by atoms with Gasteiger partial charge in [0.2, 0.25) is 11.6 Å². The standard InChI is InChI=1S/C11H11F4N3O3S/c1-3-4-5-11(19)18(22(20,21)17(5)2)8-6(12)9(14)16-10(15)7(8)13/h5H,3-4H2,1-2H3. The zero-order valence-corrected chi connectivity index (χ0v) is 12.3. The predicted octanol–water partition coefficient (Wildman–Crippen LogP) is 1.33. The van der Waals surface area contributed by atoms with Crippen LogP contribution >= 0.6 is 0 Å². The van der Waals surface area contributed by atoms with Crippen LogP contribution < -0.4 is 4.31 Å². The van der Waals surface area contributed by atoms with Crippen LogP contribution in [0.1, 0.15) is 19.8 Å². The number of anilines is 1. The van der Waals surface area contributed by atoms with Crippen molar-refractivity contribution in [1.82, 2.24) is 9.29 Å². The molecule has 1 atom stereocenters. The molecule has 1 amide bonds. The summed E-state index contributed by atoms with van der Waals surface area (Å²) in [4.78, 5) is 14.5. The van der Waals surface area contributed by atoms with E-state index in [0.717, 1.165) is 7.05 Å². The lowest BCUT2D eigenvalue weighted by molar-refractivity contribution is -0.119. The van der Waals surface area contributed by atoms with E-state index in [0.29, 0.717) is 10.7 Å². The van der Waals surface area contributed by atoms with E-state index in [1.54, 1.807) is 6.92 Å². The number of hydrogen-bond acceptors (Lipinski definition) is 4. The Bertz CT molecular complexity index is 714. The summed E-state index contributed by atoms with van der Waals surface area (Å²) in [5.74, 6) is -9.38. The summed E-state index contributed by atoms with van der Waals surface area (Å²) >= 11 is 0. The molecule has 0 N–H and O–H groups in total. The SMILES string of the molecule is CCCC1C(=O)N(c2c(F)c(F)nc(F)c2F)S(=O)(=O)N1C. The highest BCUT2D eigenvalue weighted by atomic mass is 32.2. The number of rotatable bonds is 3. The molecule has 1 fully saturated rings. The minimum atomic E-state index is -4.64. The minimum Gasteiger partial charge on any atom is -0.271 e. The van der Waals surface area contributed by atoms with E-state index in [2.05, 4.69) is 4.98 Å². The molecule has 122 valence electrons. The van der Waals surface area contributed by atoms with Crippen LogP contribution in [0.25, 0.3) is 0 Å². The molecule has 0 aromatic carbocycles. The molecule has 0 aliphatic carbocycles. The number of carbonyl (C=O) groups excluding carboxylic acids is 1. The molecule has 22 heavy (non-hydrogen) atoms. The van der Waals surface area contributed by atoms with Crippen molar-refractivity contribution in [3.63, 3.8) is 0 Å². The minimum absolute atomic E-state index is 0.0876. The van der Waals surface area contributed by atoms with Gasteiger partial charge in [-0.3, -0.25) is 4.79 Å². The third kappa shape index (κ3) is 2.24. The fourth-order valence-corrected chi connectivity index (χ4v) is 3.67. The van der Waals surface area contributed by atoms with Crippen LogP contribution in [0.15, 0.2) is 0 Å². The Morgan fingerprint density at radius 2 is 1.64 bits per heavy atom. The number of halogens is 4. The molecule has 0 radical (unpaired) electrons. The van der Waals surface area contributed by atoms with Gasteiger partial charge in [-0.1, -0.05) is 13.3 Å². The third-order valence-electron chi connectivity index (χ3n) is 3.26. The lowest BCUT2D eigenvalue weighted by atomic mass is 10.1. The summed E-state index contributed by atoms with van der Waals surface area (Å²) in [5, 5.41) is 0. The Morgan fingerprint density at radius 3 is 2.09 bits per heavy atom. The highest BCUT2D eigenvalue weighted by Gasteiger charge is 2.51. The molecule has 1 aliphatic heterocycles. The molecule has 6 nitrogen and oxygen atoms in total. The van der Waals surface area contributed by atoms with Crippen molar-refractivity contribution < 1.29 is 30.8 Å². The van der Waals surface area contributed by atoms with Gasteiger partial charge >= 0.3 is 10.2 Å². The summed E-state index contributed by atoms with van der Waals surface area (Å²) in [7, 11) is -3.60. The molecule has 0 bridgehead atoms. The summed E-state index contributed by atoms with van der Waals surface area (Å²) < 4.78 is 78.4. The Kier molecular flexibility index (Phi) is 4.13. The summed E-state index contributed by atoms with van der Waals surface area (Å²) in [5.41, 5.74) is -1.62. The molecule has 1 saturated heterocycles. The molecule has 0 saturated carbocycles. The quantitative estimate of drug-likeness (QED) is 0.614. The zero-order chi connectivity index (χ0) is 16.8. The molecule has 2 heterocycles. The average molecular weight is 341 g/mol. The summed E-state index contributed by atoms with van der Waals surface area (Å²) in [6, 6.07) is -1.20. The zero-order valence-electron chi connectivity index (χ0n) is 11.5. The Morgan fingerprint density at radius 1 is 1.14 bits per heavy atom. The van der Waals surface area contributed by atoms with Crippen molar-refractivity contribution >= 4 is 21.8 Å². The van der Waals surface area contributed by atoms with Gasteiger partial charge < -0.3 is 0 Å². The molecule has 1 unspecified atom stereocenters. The lowest BCUT2D eigenvalue weighted by Crippen LogP contribution is -2.34.